The van der Waals surface area contributed by atoms with Crippen molar-refractivity contribution in [2.45, 2.75) is 5.03 Å². The second-order valence-electron chi connectivity index (χ2n) is 3.00. The molecule has 0 aliphatic heterocycles. The number of carbonyl (C=O) groups is 1. The summed E-state index contributed by atoms with van der Waals surface area (Å²) < 4.78 is 25.7. The minimum Gasteiger partial charge on any atom is -0.358 e. The molecular formula is C8H13N5O3S. The molecule has 1 rings (SSSR count). The van der Waals surface area contributed by atoms with Crippen molar-refractivity contribution in [3.63, 3.8) is 0 Å². The molecule has 1 aromatic heterocycles. The number of nitrogens with one attached hydrogen (secondary N) is 3. The maximum Gasteiger partial charge on any atom is 0.260 e. The second kappa shape index (κ2) is 5.57. The van der Waals surface area contributed by atoms with Gasteiger partial charge in [-0.05, 0) is 12.1 Å². The fraction of sp³-hybridized carbons (Fsp3) is 0.250. The summed E-state index contributed by atoms with van der Waals surface area (Å²) in [6.07, 6.45) is 1.31. The number of likely N-dealkylation sites (N-methyl/N-ethyl adjacent to an activating group) is 1. The predicted molar refractivity (Wildman–Crippen MR) is 61.3 cm³/mol. The lowest BCUT2D eigenvalue weighted by molar-refractivity contribution is -0.119. The van der Waals surface area contributed by atoms with Gasteiger partial charge in [0.1, 0.15) is 0 Å². The lowest BCUT2D eigenvalue weighted by Crippen LogP contribution is -2.35. The van der Waals surface area contributed by atoms with Crippen molar-refractivity contribution >= 4 is 21.6 Å². The van der Waals surface area contributed by atoms with Crippen LogP contribution in [0.1, 0.15) is 0 Å². The summed E-state index contributed by atoms with van der Waals surface area (Å²) in [4.78, 5) is 14.6. The number of aromatic nitrogens is 1. The van der Waals surface area contributed by atoms with Crippen LogP contribution in [0.25, 0.3) is 0 Å². The Morgan fingerprint density at radius 2 is 2.24 bits per heavy atom. The summed E-state index contributed by atoms with van der Waals surface area (Å²) in [7, 11) is -2.47. The first-order valence-electron chi connectivity index (χ1n) is 4.63. The van der Waals surface area contributed by atoms with Crippen LogP contribution in [0.4, 0.5) is 5.69 Å². The summed E-state index contributed by atoms with van der Waals surface area (Å²) in [6.45, 7) is -0.362. The maximum absolute atomic E-state index is 11.8. The van der Waals surface area contributed by atoms with Crippen LogP contribution < -0.4 is 21.3 Å². The summed E-state index contributed by atoms with van der Waals surface area (Å²) >= 11 is 0. The molecular weight excluding hydrogens is 246 g/mol. The smallest absolute Gasteiger partial charge is 0.260 e. The Kier molecular flexibility index (Phi) is 4.37. The van der Waals surface area contributed by atoms with Gasteiger partial charge in [0.25, 0.3) is 10.0 Å². The van der Waals surface area contributed by atoms with Gasteiger partial charge in [-0.25, -0.2) is 18.1 Å². The Bertz CT molecular complexity index is 502. The number of nitrogens with two attached hydrogens (primary N) is 1. The number of carbonyl (C=O) groups excluding carboxylic acids is 1. The first-order chi connectivity index (χ1) is 8.01. The minimum atomic E-state index is -3.87. The zero-order valence-corrected chi connectivity index (χ0v) is 9.91. The van der Waals surface area contributed by atoms with Gasteiger partial charge in [-0.1, -0.05) is 0 Å². The third-order valence-corrected chi connectivity index (χ3v) is 3.24. The summed E-state index contributed by atoms with van der Waals surface area (Å²) in [5.41, 5.74) is 2.37. The fourth-order valence-corrected chi connectivity index (χ4v) is 2.11. The Morgan fingerprint density at radius 1 is 1.53 bits per heavy atom. The van der Waals surface area contributed by atoms with Gasteiger partial charge in [0.2, 0.25) is 5.91 Å². The van der Waals surface area contributed by atoms with Gasteiger partial charge in [0.15, 0.2) is 5.03 Å². The van der Waals surface area contributed by atoms with Crippen molar-refractivity contribution in [1.82, 2.24) is 15.0 Å². The van der Waals surface area contributed by atoms with Crippen molar-refractivity contribution in [2.24, 2.45) is 5.84 Å². The molecule has 0 atom stereocenters. The van der Waals surface area contributed by atoms with Crippen molar-refractivity contribution in [2.75, 3.05) is 19.0 Å². The van der Waals surface area contributed by atoms with Crippen molar-refractivity contribution in [3.8, 4) is 0 Å². The third-order valence-electron chi connectivity index (χ3n) is 1.88. The Morgan fingerprint density at radius 3 is 2.82 bits per heavy atom. The molecule has 0 aliphatic carbocycles. The highest BCUT2D eigenvalue weighted by molar-refractivity contribution is 7.89. The van der Waals surface area contributed by atoms with Crippen molar-refractivity contribution in [3.05, 3.63) is 18.3 Å². The molecule has 0 aromatic carbocycles. The molecule has 0 unspecified atom stereocenters. The Hall–Kier alpha value is -1.71. The van der Waals surface area contributed by atoms with Crippen LogP contribution in [0, 0.1) is 0 Å². The second-order valence-corrected chi connectivity index (χ2v) is 4.68. The number of anilines is 1. The zero-order chi connectivity index (χ0) is 12.9. The molecule has 1 amide bonds. The molecule has 17 heavy (non-hydrogen) atoms. The van der Waals surface area contributed by atoms with E-state index in [0.29, 0.717) is 0 Å². The van der Waals surface area contributed by atoms with Crippen LogP contribution in [0.2, 0.25) is 0 Å². The molecule has 0 radical (unpaired) electrons. The number of rotatable bonds is 5. The largest absolute Gasteiger partial charge is 0.358 e. The van der Waals surface area contributed by atoms with E-state index in [4.69, 9.17) is 5.84 Å². The van der Waals surface area contributed by atoms with Gasteiger partial charge >= 0.3 is 0 Å². The summed E-state index contributed by atoms with van der Waals surface area (Å²) in [5, 5.41) is 2.03. The average molecular weight is 259 g/mol. The summed E-state index contributed by atoms with van der Waals surface area (Å²) in [5.74, 6) is 4.72. The normalized spacial score (nSPS) is 10.9. The van der Waals surface area contributed by atoms with Crippen LogP contribution in [-0.4, -0.2) is 32.9 Å². The van der Waals surface area contributed by atoms with Gasteiger partial charge in [-0.3, -0.25) is 10.6 Å². The van der Waals surface area contributed by atoms with E-state index < -0.39 is 15.9 Å². The van der Waals surface area contributed by atoms with E-state index in [1.54, 1.807) is 0 Å². The SMILES string of the molecule is CNC(=O)CNS(=O)(=O)c1ncccc1NN. The Balaban J connectivity index is 2.93. The lowest BCUT2D eigenvalue weighted by atomic mass is 10.4. The molecule has 5 N–H and O–H groups in total. The molecule has 0 saturated heterocycles. The first kappa shape index (κ1) is 13.4. The van der Waals surface area contributed by atoms with E-state index in [9.17, 15) is 13.2 Å². The van der Waals surface area contributed by atoms with Gasteiger partial charge in [-0.2, -0.15) is 0 Å². The van der Waals surface area contributed by atoms with E-state index in [1.807, 2.05) is 0 Å². The number of amides is 1. The quantitative estimate of drug-likeness (QED) is 0.372. The summed E-state index contributed by atoms with van der Waals surface area (Å²) in [6, 6.07) is 2.99. The van der Waals surface area contributed by atoms with E-state index in [1.165, 1.54) is 25.4 Å². The minimum absolute atomic E-state index is 0.150. The molecule has 0 fully saturated rings. The highest BCUT2D eigenvalue weighted by atomic mass is 32.2. The monoisotopic (exact) mass is 259 g/mol. The van der Waals surface area contributed by atoms with Gasteiger partial charge in [0, 0.05) is 13.2 Å². The number of hydrazine groups is 1. The van der Waals surface area contributed by atoms with Crippen LogP contribution in [-0.2, 0) is 14.8 Å². The van der Waals surface area contributed by atoms with Gasteiger partial charge in [0.05, 0.1) is 12.2 Å². The van der Waals surface area contributed by atoms with Gasteiger partial charge < -0.3 is 10.7 Å². The molecule has 94 valence electrons. The molecule has 8 nitrogen and oxygen atoms in total. The molecule has 0 bridgehead atoms. The maximum atomic E-state index is 11.8. The molecule has 9 heteroatoms. The standard InChI is InChI=1S/C8H13N5O3S/c1-10-7(14)5-12-17(15,16)8-6(13-9)3-2-4-11-8/h2-4,12-13H,5,9H2,1H3,(H,10,14). The predicted octanol–water partition coefficient (Wildman–Crippen LogP) is -1.61. The molecule has 0 spiro atoms. The topological polar surface area (TPSA) is 126 Å². The highest BCUT2D eigenvalue weighted by Crippen LogP contribution is 2.15. The van der Waals surface area contributed by atoms with E-state index in [-0.39, 0.29) is 17.3 Å². The van der Waals surface area contributed by atoms with Crippen LogP contribution in [0.3, 0.4) is 0 Å². The molecule has 1 heterocycles. The molecule has 1 aromatic rings. The number of hydrogen-bond donors (Lipinski definition) is 4. The van der Waals surface area contributed by atoms with Crippen LogP contribution >= 0.6 is 0 Å². The number of pyridine rings is 1. The van der Waals surface area contributed by atoms with Crippen molar-refractivity contribution < 1.29 is 13.2 Å². The lowest BCUT2D eigenvalue weighted by Gasteiger charge is -2.09. The van der Waals surface area contributed by atoms with E-state index in [0.717, 1.165) is 0 Å². The third kappa shape index (κ3) is 3.37. The van der Waals surface area contributed by atoms with Crippen LogP contribution in [0.5, 0.6) is 0 Å². The number of nitrogen functional groups attached to an aromatic ring is 1. The highest BCUT2D eigenvalue weighted by Gasteiger charge is 2.20. The van der Waals surface area contributed by atoms with Gasteiger partial charge in [-0.15, -0.1) is 0 Å². The number of nitrogens with zero attached hydrogens (tertiary/aromatic N) is 1. The molecule has 0 aliphatic rings. The van der Waals surface area contributed by atoms with E-state index >= 15 is 0 Å². The van der Waals surface area contributed by atoms with Crippen LogP contribution in [0.15, 0.2) is 23.4 Å². The fourth-order valence-electron chi connectivity index (χ4n) is 1.03. The van der Waals surface area contributed by atoms with Crippen molar-refractivity contribution in [1.29, 1.82) is 0 Å². The van der Waals surface area contributed by atoms with E-state index in [2.05, 4.69) is 20.4 Å². The average Bonchev–Trinajstić information content (AvgIpc) is 2.35. The number of hydrogen-bond acceptors (Lipinski definition) is 6. The molecule has 0 saturated carbocycles. The number of sulfonamides is 1. The first-order valence-corrected chi connectivity index (χ1v) is 6.11. The Labute approximate surface area is 98.6 Å². The zero-order valence-electron chi connectivity index (χ0n) is 9.10.